The molecule has 2 atom stereocenters. The van der Waals surface area contributed by atoms with Gasteiger partial charge in [0.1, 0.15) is 5.54 Å². The summed E-state index contributed by atoms with van der Waals surface area (Å²) in [4.78, 5) is 11.2. The molecule has 1 amide bonds. The number of carbonyl (C=O) groups excluding carboxylic acids is 1. The lowest BCUT2D eigenvalue weighted by Crippen LogP contribution is -2.45. The highest BCUT2D eigenvalue weighted by Crippen LogP contribution is 2.33. The SMILES string of the molecule is C[C@@]1(CO)NC(=O)O[C@@H]1c1ccccc1. The zero-order valence-corrected chi connectivity index (χ0v) is 8.43. The number of nitrogens with one attached hydrogen (secondary N) is 1. The summed E-state index contributed by atoms with van der Waals surface area (Å²) >= 11 is 0. The number of hydrogen-bond acceptors (Lipinski definition) is 3. The van der Waals surface area contributed by atoms with E-state index >= 15 is 0 Å². The molecule has 1 heterocycles. The number of aliphatic hydroxyl groups is 1. The van der Waals surface area contributed by atoms with Crippen LogP contribution in [0.4, 0.5) is 4.79 Å². The summed E-state index contributed by atoms with van der Waals surface area (Å²) in [5, 5.41) is 11.9. The number of hydrogen-bond donors (Lipinski definition) is 2. The Kier molecular flexibility index (Phi) is 2.36. The van der Waals surface area contributed by atoms with Crippen molar-refractivity contribution >= 4 is 6.09 Å². The van der Waals surface area contributed by atoms with Crippen molar-refractivity contribution in [2.24, 2.45) is 0 Å². The van der Waals surface area contributed by atoms with Crippen molar-refractivity contribution in [2.45, 2.75) is 18.6 Å². The van der Waals surface area contributed by atoms with Crippen molar-refractivity contribution in [3.05, 3.63) is 35.9 Å². The van der Waals surface area contributed by atoms with Gasteiger partial charge in [-0.3, -0.25) is 0 Å². The second-order valence-electron chi connectivity index (χ2n) is 3.90. The van der Waals surface area contributed by atoms with Gasteiger partial charge >= 0.3 is 6.09 Å². The van der Waals surface area contributed by atoms with Crippen molar-refractivity contribution in [2.75, 3.05) is 6.61 Å². The lowest BCUT2D eigenvalue weighted by Gasteiger charge is -2.26. The number of carbonyl (C=O) groups is 1. The Morgan fingerprint density at radius 2 is 2.13 bits per heavy atom. The van der Waals surface area contributed by atoms with E-state index in [1.54, 1.807) is 6.92 Å². The summed E-state index contributed by atoms with van der Waals surface area (Å²) in [6.07, 6.45) is -0.920. The molecule has 0 saturated carbocycles. The Morgan fingerprint density at radius 3 is 2.73 bits per heavy atom. The highest BCUT2D eigenvalue weighted by atomic mass is 16.6. The van der Waals surface area contributed by atoms with E-state index in [-0.39, 0.29) is 6.61 Å². The quantitative estimate of drug-likeness (QED) is 0.766. The normalized spacial score (nSPS) is 29.7. The maximum atomic E-state index is 11.2. The molecule has 2 N–H and O–H groups in total. The maximum absolute atomic E-state index is 11.2. The zero-order valence-electron chi connectivity index (χ0n) is 8.43. The number of rotatable bonds is 2. The second-order valence-corrected chi connectivity index (χ2v) is 3.90. The number of aliphatic hydroxyl groups excluding tert-OH is 1. The molecule has 4 nitrogen and oxygen atoms in total. The van der Waals surface area contributed by atoms with Crippen LogP contribution in [0, 0.1) is 0 Å². The molecule has 0 aromatic heterocycles. The highest BCUT2D eigenvalue weighted by molar-refractivity contribution is 5.71. The van der Waals surface area contributed by atoms with Crippen LogP contribution in [-0.4, -0.2) is 23.3 Å². The van der Waals surface area contributed by atoms with Gasteiger partial charge in [-0.2, -0.15) is 0 Å². The third kappa shape index (κ3) is 1.68. The molecule has 0 unspecified atom stereocenters. The zero-order chi connectivity index (χ0) is 10.9. The fourth-order valence-corrected chi connectivity index (χ4v) is 1.75. The molecular formula is C11H13NO3. The van der Waals surface area contributed by atoms with Crippen LogP contribution in [0.15, 0.2) is 30.3 Å². The Labute approximate surface area is 87.9 Å². The molecule has 1 aromatic carbocycles. The largest absolute Gasteiger partial charge is 0.439 e. The van der Waals surface area contributed by atoms with Crippen molar-refractivity contribution in [3.63, 3.8) is 0 Å². The topological polar surface area (TPSA) is 58.6 Å². The molecule has 1 saturated heterocycles. The minimum atomic E-state index is -0.738. The van der Waals surface area contributed by atoms with Crippen molar-refractivity contribution < 1.29 is 14.6 Å². The molecule has 0 radical (unpaired) electrons. The minimum Gasteiger partial charge on any atom is -0.439 e. The van der Waals surface area contributed by atoms with Gasteiger partial charge in [0.15, 0.2) is 6.10 Å². The summed E-state index contributed by atoms with van der Waals surface area (Å²) in [6, 6.07) is 9.39. The third-order valence-electron chi connectivity index (χ3n) is 2.62. The first-order chi connectivity index (χ1) is 7.15. The molecule has 15 heavy (non-hydrogen) atoms. The van der Waals surface area contributed by atoms with E-state index in [2.05, 4.69) is 5.32 Å². The Bertz CT molecular complexity index is 365. The van der Waals surface area contributed by atoms with Crippen LogP contribution >= 0.6 is 0 Å². The van der Waals surface area contributed by atoms with Gasteiger partial charge in [0.05, 0.1) is 6.61 Å². The van der Waals surface area contributed by atoms with E-state index in [9.17, 15) is 9.90 Å². The lowest BCUT2D eigenvalue weighted by molar-refractivity contribution is 0.0832. The minimum absolute atomic E-state index is 0.154. The summed E-state index contributed by atoms with van der Waals surface area (Å²) in [5.41, 5.74) is 0.144. The fourth-order valence-electron chi connectivity index (χ4n) is 1.75. The van der Waals surface area contributed by atoms with Crippen LogP contribution in [0.1, 0.15) is 18.6 Å². The van der Waals surface area contributed by atoms with Gasteiger partial charge in [-0.15, -0.1) is 0 Å². The van der Waals surface area contributed by atoms with E-state index in [1.165, 1.54) is 0 Å². The Morgan fingerprint density at radius 1 is 1.47 bits per heavy atom. The van der Waals surface area contributed by atoms with Gasteiger partial charge in [0, 0.05) is 0 Å². The maximum Gasteiger partial charge on any atom is 0.408 e. The number of amides is 1. The van der Waals surface area contributed by atoms with Crippen molar-refractivity contribution in [3.8, 4) is 0 Å². The van der Waals surface area contributed by atoms with E-state index < -0.39 is 17.7 Å². The molecule has 1 aliphatic rings. The van der Waals surface area contributed by atoms with Crippen LogP contribution in [0.2, 0.25) is 0 Å². The first-order valence-corrected chi connectivity index (χ1v) is 4.80. The molecule has 0 bridgehead atoms. The van der Waals surface area contributed by atoms with Crippen LogP contribution in [0.3, 0.4) is 0 Å². The fraction of sp³-hybridized carbons (Fsp3) is 0.364. The molecule has 2 rings (SSSR count). The van der Waals surface area contributed by atoms with E-state index in [1.807, 2.05) is 30.3 Å². The molecule has 1 fully saturated rings. The predicted octanol–water partition coefficient (Wildman–Crippen LogP) is 1.22. The summed E-state index contributed by atoms with van der Waals surface area (Å²) in [7, 11) is 0. The first kappa shape index (κ1) is 9.98. The summed E-state index contributed by atoms with van der Waals surface area (Å²) in [5.74, 6) is 0. The van der Waals surface area contributed by atoms with Crippen LogP contribution in [0.25, 0.3) is 0 Å². The molecule has 4 heteroatoms. The average Bonchev–Trinajstić information content (AvgIpc) is 2.56. The van der Waals surface area contributed by atoms with Gasteiger partial charge in [-0.05, 0) is 12.5 Å². The third-order valence-corrected chi connectivity index (χ3v) is 2.62. The summed E-state index contributed by atoms with van der Waals surface area (Å²) in [6.45, 7) is 1.61. The highest BCUT2D eigenvalue weighted by Gasteiger charge is 2.45. The standard InChI is InChI=1S/C11H13NO3/c1-11(7-13)9(15-10(14)12-11)8-5-3-2-4-6-8/h2-6,9,13H,7H2,1H3,(H,12,14)/t9-,11+/m1/s1. The Balaban J connectivity index is 2.33. The van der Waals surface area contributed by atoms with Crippen LogP contribution < -0.4 is 5.32 Å². The number of benzene rings is 1. The number of alkyl carbamates (subject to hydrolysis) is 1. The number of cyclic esters (lactones) is 1. The van der Waals surface area contributed by atoms with Gasteiger partial charge < -0.3 is 15.2 Å². The molecule has 1 aromatic rings. The number of ether oxygens (including phenoxy) is 1. The van der Waals surface area contributed by atoms with E-state index in [0.29, 0.717) is 0 Å². The molecular weight excluding hydrogens is 194 g/mol. The van der Waals surface area contributed by atoms with Crippen molar-refractivity contribution in [1.82, 2.24) is 5.32 Å². The second kappa shape index (κ2) is 3.55. The first-order valence-electron chi connectivity index (χ1n) is 4.80. The molecule has 1 aliphatic heterocycles. The summed E-state index contributed by atoms with van der Waals surface area (Å²) < 4.78 is 5.14. The molecule has 0 spiro atoms. The monoisotopic (exact) mass is 207 g/mol. The van der Waals surface area contributed by atoms with Gasteiger partial charge in [-0.25, -0.2) is 4.79 Å². The lowest BCUT2D eigenvalue weighted by atomic mass is 9.91. The molecule has 0 aliphatic carbocycles. The van der Waals surface area contributed by atoms with Gasteiger partial charge in [-0.1, -0.05) is 30.3 Å². The van der Waals surface area contributed by atoms with Gasteiger partial charge in [0.25, 0.3) is 0 Å². The smallest absolute Gasteiger partial charge is 0.408 e. The molecule has 80 valence electrons. The predicted molar refractivity (Wildman–Crippen MR) is 54.3 cm³/mol. The average molecular weight is 207 g/mol. The Hall–Kier alpha value is -1.55. The van der Waals surface area contributed by atoms with Gasteiger partial charge in [0.2, 0.25) is 0 Å². The van der Waals surface area contributed by atoms with E-state index in [4.69, 9.17) is 4.74 Å². The van der Waals surface area contributed by atoms with Crippen molar-refractivity contribution in [1.29, 1.82) is 0 Å². The van der Waals surface area contributed by atoms with Crippen LogP contribution in [-0.2, 0) is 4.74 Å². The van der Waals surface area contributed by atoms with Crippen LogP contribution in [0.5, 0.6) is 0 Å². The van der Waals surface area contributed by atoms with E-state index in [0.717, 1.165) is 5.56 Å².